The molecule has 16 heavy (non-hydrogen) atoms. The van der Waals surface area contributed by atoms with E-state index in [1.165, 1.54) is 0 Å². The first-order valence-electron chi connectivity index (χ1n) is 4.99. The molecule has 0 aliphatic carbocycles. The van der Waals surface area contributed by atoms with E-state index in [1.54, 1.807) is 28.9 Å². The van der Waals surface area contributed by atoms with Crippen molar-refractivity contribution in [2.75, 3.05) is 12.8 Å². The van der Waals surface area contributed by atoms with E-state index in [0.717, 1.165) is 11.4 Å². The van der Waals surface area contributed by atoms with Crippen molar-refractivity contribution in [3.63, 3.8) is 0 Å². The van der Waals surface area contributed by atoms with Gasteiger partial charge in [0.15, 0.2) is 0 Å². The molecule has 0 fully saturated rings. The van der Waals surface area contributed by atoms with Crippen molar-refractivity contribution in [3.05, 3.63) is 36.0 Å². The molecule has 0 aliphatic rings. The molecule has 5 heteroatoms. The van der Waals surface area contributed by atoms with Gasteiger partial charge in [-0.05, 0) is 19.2 Å². The van der Waals surface area contributed by atoms with Gasteiger partial charge in [0, 0.05) is 18.7 Å². The number of aromatic hydroxyl groups is 1. The van der Waals surface area contributed by atoms with E-state index in [2.05, 4.69) is 10.4 Å². The summed E-state index contributed by atoms with van der Waals surface area (Å²) in [6.45, 7) is 0.663. The van der Waals surface area contributed by atoms with E-state index >= 15 is 0 Å². The number of anilines is 1. The molecule has 1 heterocycles. The number of aromatic nitrogens is 2. The molecule has 0 aliphatic heterocycles. The Bertz CT molecular complexity index is 492. The van der Waals surface area contributed by atoms with E-state index in [9.17, 15) is 5.11 Å². The number of phenolic OH excluding ortho intramolecular Hbond substituents is 1. The van der Waals surface area contributed by atoms with E-state index < -0.39 is 0 Å². The predicted octanol–water partition coefficient (Wildman–Crippen LogP) is 0.879. The third-order valence-corrected chi connectivity index (χ3v) is 2.22. The normalized spacial score (nSPS) is 10.6. The third-order valence-electron chi connectivity index (χ3n) is 2.22. The fraction of sp³-hybridized carbons (Fsp3) is 0.182. The number of nitrogen functional groups attached to an aromatic ring is 1. The lowest BCUT2D eigenvalue weighted by Crippen LogP contribution is -2.06. The van der Waals surface area contributed by atoms with Crippen molar-refractivity contribution in [3.8, 4) is 11.4 Å². The average molecular weight is 218 g/mol. The highest BCUT2D eigenvalue weighted by atomic mass is 16.3. The van der Waals surface area contributed by atoms with Gasteiger partial charge in [0.1, 0.15) is 11.6 Å². The highest BCUT2D eigenvalue weighted by Crippen LogP contribution is 2.18. The lowest BCUT2D eigenvalue weighted by molar-refractivity contribution is 0.475. The molecule has 0 radical (unpaired) electrons. The number of nitrogens with zero attached hydrogens (tertiary/aromatic N) is 2. The summed E-state index contributed by atoms with van der Waals surface area (Å²) in [6.07, 6.45) is 0. The standard InChI is InChI=1S/C11H14N4O/c1-13-7-8-5-11(12)15(14-8)9-3-2-4-10(16)6-9/h2-6,13,16H,7,12H2,1H3. The first kappa shape index (κ1) is 10.5. The Labute approximate surface area is 93.5 Å². The summed E-state index contributed by atoms with van der Waals surface area (Å²) in [6, 6.07) is 8.63. The number of nitrogens with one attached hydrogen (secondary N) is 1. The van der Waals surface area contributed by atoms with Gasteiger partial charge in [0.2, 0.25) is 0 Å². The molecule has 0 saturated heterocycles. The zero-order valence-corrected chi connectivity index (χ0v) is 9.01. The zero-order valence-electron chi connectivity index (χ0n) is 9.01. The minimum absolute atomic E-state index is 0.197. The molecule has 0 bridgehead atoms. The molecule has 5 nitrogen and oxygen atoms in total. The van der Waals surface area contributed by atoms with E-state index in [4.69, 9.17) is 5.73 Å². The highest BCUT2D eigenvalue weighted by molar-refractivity contribution is 5.45. The predicted molar refractivity (Wildman–Crippen MR) is 62.4 cm³/mol. The summed E-state index contributed by atoms with van der Waals surface area (Å²) in [5.41, 5.74) is 7.46. The Kier molecular flexibility index (Phi) is 2.78. The monoisotopic (exact) mass is 218 g/mol. The van der Waals surface area contributed by atoms with E-state index in [0.29, 0.717) is 12.4 Å². The molecule has 0 spiro atoms. The van der Waals surface area contributed by atoms with Crippen molar-refractivity contribution in [2.24, 2.45) is 0 Å². The van der Waals surface area contributed by atoms with Crippen LogP contribution in [-0.4, -0.2) is 21.9 Å². The van der Waals surface area contributed by atoms with Gasteiger partial charge < -0.3 is 16.2 Å². The molecule has 0 amide bonds. The average Bonchev–Trinajstić information content (AvgIpc) is 2.60. The second kappa shape index (κ2) is 4.24. The van der Waals surface area contributed by atoms with Crippen LogP contribution in [0.25, 0.3) is 5.69 Å². The number of hydrogen-bond donors (Lipinski definition) is 3. The Balaban J connectivity index is 2.40. The fourth-order valence-electron chi connectivity index (χ4n) is 1.55. The molecule has 2 rings (SSSR count). The summed E-state index contributed by atoms with van der Waals surface area (Å²) in [4.78, 5) is 0. The highest BCUT2D eigenvalue weighted by Gasteiger charge is 2.06. The van der Waals surface area contributed by atoms with Crippen LogP contribution in [0.3, 0.4) is 0 Å². The number of benzene rings is 1. The van der Waals surface area contributed by atoms with Gasteiger partial charge in [-0.1, -0.05) is 6.07 Å². The van der Waals surface area contributed by atoms with Crippen molar-refractivity contribution < 1.29 is 5.11 Å². The summed E-state index contributed by atoms with van der Waals surface area (Å²) in [5, 5.41) is 16.7. The van der Waals surface area contributed by atoms with Crippen LogP contribution in [0.2, 0.25) is 0 Å². The molecule has 4 N–H and O–H groups in total. The van der Waals surface area contributed by atoms with E-state index in [-0.39, 0.29) is 5.75 Å². The molecule has 1 aromatic heterocycles. The van der Waals surface area contributed by atoms with Crippen molar-refractivity contribution in [2.45, 2.75) is 6.54 Å². The molecule has 84 valence electrons. The zero-order chi connectivity index (χ0) is 11.5. The number of rotatable bonds is 3. The van der Waals surface area contributed by atoms with Gasteiger partial charge in [0.05, 0.1) is 11.4 Å². The SMILES string of the molecule is CNCc1cc(N)n(-c2cccc(O)c2)n1. The van der Waals surface area contributed by atoms with Crippen LogP contribution in [0.1, 0.15) is 5.69 Å². The lowest BCUT2D eigenvalue weighted by Gasteiger charge is -2.03. The van der Waals surface area contributed by atoms with Crippen molar-refractivity contribution in [1.29, 1.82) is 0 Å². The Hall–Kier alpha value is -2.01. The quantitative estimate of drug-likeness (QED) is 0.714. The second-order valence-electron chi connectivity index (χ2n) is 3.52. The second-order valence-corrected chi connectivity index (χ2v) is 3.52. The number of hydrogen-bond acceptors (Lipinski definition) is 4. The molecule has 2 aromatic rings. The molecular weight excluding hydrogens is 204 g/mol. The Morgan fingerprint density at radius 2 is 2.25 bits per heavy atom. The smallest absolute Gasteiger partial charge is 0.127 e. The minimum atomic E-state index is 0.197. The maximum absolute atomic E-state index is 9.38. The lowest BCUT2D eigenvalue weighted by atomic mass is 10.3. The molecular formula is C11H14N4O. The summed E-state index contributed by atoms with van der Waals surface area (Å²) in [7, 11) is 1.85. The first-order valence-corrected chi connectivity index (χ1v) is 4.99. The van der Waals surface area contributed by atoms with Crippen LogP contribution in [0.4, 0.5) is 5.82 Å². The van der Waals surface area contributed by atoms with Crippen LogP contribution in [-0.2, 0) is 6.54 Å². The number of phenols is 1. The first-order chi connectivity index (χ1) is 7.70. The van der Waals surface area contributed by atoms with E-state index in [1.807, 2.05) is 13.1 Å². The Morgan fingerprint density at radius 1 is 1.44 bits per heavy atom. The largest absolute Gasteiger partial charge is 0.508 e. The third kappa shape index (κ3) is 1.99. The van der Waals surface area contributed by atoms with Crippen LogP contribution < -0.4 is 11.1 Å². The van der Waals surface area contributed by atoms with Gasteiger partial charge in [-0.25, -0.2) is 4.68 Å². The van der Waals surface area contributed by atoms with Crippen LogP contribution >= 0.6 is 0 Å². The van der Waals surface area contributed by atoms with Crippen LogP contribution in [0.15, 0.2) is 30.3 Å². The van der Waals surface area contributed by atoms with Gasteiger partial charge >= 0.3 is 0 Å². The minimum Gasteiger partial charge on any atom is -0.508 e. The summed E-state index contributed by atoms with van der Waals surface area (Å²) in [5.74, 6) is 0.749. The summed E-state index contributed by atoms with van der Waals surface area (Å²) >= 11 is 0. The molecule has 1 aromatic carbocycles. The Morgan fingerprint density at radius 3 is 2.94 bits per heavy atom. The van der Waals surface area contributed by atoms with Crippen LogP contribution in [0, 0.1) is 0 Å². The summed E-state index contributed by atoms with van der Waals surface area (Å²) < 4.78 is 1.60. The molecule has 0 atom stereocenters. The van der Waals surface area contributed by atoms with Gasteiger partial charge in [0.25, 0.3) is 0 Å². The van der Waals surface area contributed by atoms with Crippen LogP contribution in [0.5, 0.6) is 5.75 Å². The molecule has 0 unspecified atom stereocenters. The maximum Gasteiger partial charge on any atom is 0.127 e. The maximum atomic E-state index is 9.38. The topological polar surface area (TPSA) is 76.1 Å². The van der Waals surface area contributed by atoms with Gasteiger partial charge in [-0.3, -0.25) is 0 Å². The van der Waals surface area contributed by atoms with Crippen molar-refractivity contribution in [1.82, 2.24) is 15.1 Å². The molecule has 0 saturated carbocycles. The fourth-order valence-corrected chi connectivity index (χ4v) is 1.55. The van der Waals surface area contributed by atoms with Gasteiger partial charge in [-0.15, -0.1) is 0 Å². The van der Waals surface area contributed by atoms with Crippen molar-refractivity contribution >= 4 is 5.82 Å². The van der Waals surface area contributed by atoms with Gasteiger partial charge in [-0.2, -0.15) is 5.10 Å². The number of nitrogens with two attached hydrogens (primary N) is 1.